The molecule has 8 nitrogen and oxygen atoms in total. The Bertz CT molecular complexity index is 2180. The van der Waals surface area contributed by atoms with Crippen LogP contribution in [-0.2, 0) is 20.0 Å². The van der Waals surface area contributed by atoms with E-state index in [0.29, 0.717) is 33.1 Å². The predicted molar refractivity (Wildman–Crippen MR) is 162 cm³/mol. The third-order valence-corrected chi connectivity index (χ3v) is 10.8. The number of ether oxygens (including phenoxy) is 1. The van der Waals surface area contributed by atoms with Crippen molar-refractivity contribution in [2.45, 2.75) is 29.7 Å². The maximum Gasteiger partial charge on any atom is 0.268 e. The van der Waals surface area contributed by atoms with Gasteiger partial charge in [-0.1, -0.05) is 53.6 Å². The minimum Gasteiger partial charge on any atom is -0.497 e. The molecule has 0 amide bonds. The van der Waals surface area contributed by atoms with Crippen LogP contribution in [0.25, 0.3) is 21.8 Å². The molecule has 1 atom stereocenters. The fourth-order valence-corrected chi connectivity index (χ4v) is 7.91. The van der Waals surface area contributed by atoms with Gasteiger partial charge in [-0.15, -0.1) is 0 Å². The van der Waals surface area contributed by atoms with Crippen LogP contribution < -0.4 is 4.74 Å². The Balaban J connectivity index is 1.56. The smallest absolute Gasteiger partial charge is 0.268 e. The van der Waals surface area contributed by atoms with Crippen molar-refractivity contribution in [2.75, 3.05) is 7.11 Å². The number of aromatic nitrogens is 2. The molecular weight excluding hydrogens is 572 g/mol. The Hall–Kier alpha value is -4.38. The molecule has 0 aliphatic carbocycles. The van der Waals surface area contributed by atoms with Crippen molar-refractivity contribution >= 4 is 41.9 Å². The maximum atomic E-state index is 13.8. The van der Waals surface area contributed by atoms with Crippen LogP contribution in [0, 0.1) is 13.8 Å². The van der Waals surface area contributed by atoms with E-state index >= 15 is 0 Å². The molecule has 4 aromatic carbocycles. The summed E-state index contributed by atoms with van der Waals surface area (Å²) in [6.45, 7) is 3.75. The molecule has 0 aliphatic heterocycles. The molecule has 6 rings (SSSR count). The summed E-state index contributed by atoms with van der Waals surface area (Å²) in [5.41, 5.74) is 3.19. The van der Waals surface area contributed by atoms with Gasteiger partial charge in [0.05, 0.1) is 27.9 Å². The van der Waals surface area contributed by atoms with Crippen LogP contribution in [0.1, 0.15) is 28.4 Å². The number of methoxy groups -OCH3 is 1. The molecule has 0 radical (unpaired) electrons. The summed E-state index contributed by atoms with van der Waals surface area (Å²) in [6.07, 6.45) is 1.43. The van der Waals surface area contributed by atoms with Crippen LogP contribution in [-0.4, -0.2) is 37.0 Å². The van der Waals surface area contributed by atoms with E-state index in [2.05, 4.69) is 0 Å². The number of aryl methyl sites for hydroxylation is 2. The van der Waals surface area contributed by atoms with Crippen LogP contribution in [0.5, 0.6) is 5.75 Å². The minimum absolute atomic E-state index is 0.0997. The number of fused-ring (bicyclic) bond motifs is 2. The maximum absolute atomic E-state index is 13.8. The summed E-state index contributed by atoms with van der Waals surface area (Å²) in [5.74, 6) is 0.478. The number of aliphatic hydroxyl groups is 1. The first-order chi connectivity index (χ1) is 20.0. The van der Waals surface area contributed by atoms with Crippen molar-refractivity contribution in [3.63, 3.8) is 0 Å². The van der Waals surface area contributed by atoms with Gasteiger partial charge in [0.2, 0.25) is 0 Å². The van der Waals surface area contributed by atoms with Gasteiger partial charge in [0.25, 0.3) is 20.0 Å². The van der Waals surface area contributed by atoms with E-state index in [4.69, 9.17) is 4.74 Å². The second-order valence-corrected chi connectivity index (χ2v) is 13.8. The molecule has 214 valence electrons. The minimum atomic E-state index is -4.03. The quantitative estimate of drug-likeness (QED) is 0.249. The summed E-state index contributed by atoms with van der Waals surface area (Å²) in [5, 5.41) is 12.8. The second kappa shape index (κ2) is 10.2. The van der Waals surface area contributed by atoms with Crippen LogP contribution >= 0.6 is 0 Å². The summed E-state index contributed by atoms with van der Waals surface area (Å²) in [4.78, 5) is 0.211. The number of nitrogens with zero attached hydrogens (tertiary/aromatic N) is 2. The molecule has 0 saturated heterocycles. The average Bonchev–Trinajstić information content (AvgIpc) is 3.57. The van der Waals surface area contributed by atoms with Gasteiger partial charge in [-0.05, 0) is 62.4 Å². The normalized spacial score (nSPS) is 13.0. The van der Waals surface area contributed by atoms with Gasteiger partial charge in [0, 0.05) is 34.3 Å². The standard InChI is InChI=1S/C32H28N2O6S2/c1-21-8-13-24(14-9-21)41(36,37)33-19-28(26-6-4-5-7-30(26)33)32(35)29-20-34(31-17-12-23(40-3)18-27(29)31)42(38,39)25-15-10-22(2)11-16-25/h4-20,32,35H,1-3H3. The van der Waals surface area contributed by atoms with Gasteiger partial charge in [-0.25, -0.2) is 24.8 Å². The highest BCUT2D eigenvalue weighted by Crippen LogP contribution is 2.38. The van der Waals surface area contributed by atoms with Crippen LogP contribution in [0.4, 0.5) is 0 Å². The lowest BCUT2D eigenvalue weighted by Gasteiger charge is -2.10. The molecule has 1 unspecified atom stereocenters. The third kappa shape index (κ3) is 4.48. The molecule has 0 bridgehead atoms. The van der Waals surface area contributed by atoms with Crippen molar-refractivity contribution in [3.8, 4) is 5.75 Å². The van der Waals surface area contributed by atoms with E-state index in [1.165, 1.54) is 19.5 Å². The molecule has 1 N–H and O–H groups in total. The molecule has 0 fully saturated rings. The first-order valence-corrected chi connectivity index (χ1v) is 16.0. The number of rotatable bonds is 7. The first kappa shape index (κ1) is 27.8. The summed E-state index contributed by atoms with van der Waals surface area (Å²) in [7, 11) is -6.54. The summed E-state index contributed by atoms with van der Waals surface area (Å²) >= 11 is 0. The molecule has 42 heavy (non-hydrogen) atoms. The van der Waals surface area contributed by atoms with Crippen LogP contribution in [0.2, 0.25) is 0 Å². The van der Waals surface area contributed by atoms with Crippen molar-refractivity contribution in [1.29, 1.82) is 0 Å². The summed E-state index contributed by atoms with van der Waals surface area (Å²) in [6, 6.07) is 24.9. The SMILES string of the molecule is COc1ccc2c(c1)c(C(O)c1cn(S(=O)(=O)c3ccc(C)cc3)c3ccccc13)cn2S(=O)(=O)c1ccc(C)cc1. The number of benzene rings is 4. The van der Waals surface area contributed by atoms with Crippen molar-refractivity contribution in [3.05, 3.63) is 126 Å². The lowest BCUT2D eigenvalue weighted by molar-refractivity contribution is 0.223. The Morgan fingerprint density at radius 1 is 0.643 bits per heavy atom. The fourth-order valence-electron chi connectivity index (χ4n) is 5.15. The molecule has 0 aliphatic rings. The summed E-state index contributed by atoms with van der Waals surface area (Å²) < 4.78 is 62.7. The van der Waals surface area contributed by atoms with E-state index < -0.39 is 26.2 Å². The van der Waals surface area contributed by atoms with Crippen molar-refractivity contribution in [2.24, 2.45) is 0 Å². The Kier molecular flexibility index (Phi) is 6.72. The molecule has 10 heteroatoms. The highest BCUT2D eigenvalue weighted by molar-refractivity contribution is 7.90. The molecular formula is C32H28N2O6S2. The van der Waals surface area contributed by atoms with E-state index in [9.17, 15) is 21.9 Å². The van der Waals surface area contributed by atoms with Crippen LogP contribution in [0.15, 0.2) is 113 Å². The van der Waals surface area contributed by atoms with E-state index in [1.807, 2.05) is 13.8 Å². The average molecular weight is 601 g/mol. The Morgan fingerprint density at radius 3 is 1.64 bits per heavy atom. The van der Waals surface area contributed by atoms with Gasteiger partial charge in [0.15, 0.2) is 0 Å². The fraction of sp³-hybridized carbons (Fsp3) is 0.125. The lowest BCUT2D eigenvalue weighted by Crippen LogP contribution is -2.12. The molecule has 2 aromatic heterocycles. The van der Waals surface area contributed by atoms with E-state index in [-0.39, 0.29) is 15.4 Å². The Labute approximate surface area is 244 Å². The second-order valence-electron chi connectivity index (χ2n) is 10.2. The van der Waals surface area contributed by atoms with Gasteiger partial charge < -0.3 is 9.84 Å². The number of para-hydroxylation sites is 1. The predicted octanol–water partition coefficient (Wildman–Crippen LogP) is 5.78. The van der Waals surface area contributed by atoms with Crippen LogP contribution in [0.3, 0.4) is 0 Å². The van der Waals surface area contributed by atoms with Gasteiger partial charge in [-0.2, -0.15) is 0 Å². The Morgan fingerprint density at radius 2 is 1.12 bits per heavy atom. The molecule has 6 aromatic rings. The highest BCUT2D eigenvalue weighted by Gasteiger charge is 2.29. The topological polar surface area (TPSA) is 108 Å². The van der Waals surface area contributed by atoms with Gasteiger partial charge >= 0.3 is 0 Å². The van der Waals surface area contributed by atoms with Gasteiger partial charge in [-0.3, -0.25) is 0 Å². The molecule has 2 heterocycles. The first-order valence-electron chi connectivity index (χ1n) is 13.1. The lowest BCUT2D eigenvalue weighted by atomic mass is 10.0. The van der Waals surface area contributed by atoms with E-state index in [0.717, 1.165) is 19.1 Å². The van der Waals surface area contributed by atoms with Crippen molar-refractivity contribution < 1.29 is 26.7 Å². The van der Waals surface area contributed by atoms with E-state index in [1.54, 1.807) is 91.0 Å². The zero-order valence-corrected chi connectivity index (χ0v) is 24.7. The zero-order valence-electron chi connectivity index (χ0n) is 23.1. The molecule has 0 saturated carbocycles. The van der Waals surface area contributed by atoms with Gasteiger partial charge in [0.1, 0.15) is 11.9 Å². The number of aliphatic hydroxyl groups excluding tert-OH is 1. The highest BCUT2D eigenvalue weighted by atomic mass is 32.2. The largest absolute Gasteiger partial charge is 0.497 e. The number of hydrogen-bond donors (Lipinski definition) is 1. The monoisotopic (exact) mass is 600 g/mol. The zero-order chi connectivity index (χ0) is 29.8. The molecule has 0 spiro atoms. The third-order valence-electron chi connectivity index (χ3n) is 7.46. The number of hydrogen-bond acceptors (Lipinski definition) is 6. The van der Waals surface area contributed by atoms with Crippen molar-refractivity contribution in [1.82, 2.24) is 7.94 Å².